The van der Waals surface area contributed by atoms with Gasteiger partial charge in [-0.05, 0) is 133 Å². The molecule has 6 aromatic carbocycles. The minimum atomic E-state index is -0.538. The van der Waals surface area contributed by atoms with E-state index in [1.54, 1.807) is 0 Å². The van der Waals surface area contributed by atoms with E-state index in [1.807, 2.05) is 0 Å². The van der Waals surface area contributed by atoms with Gasteiger partial charge in [-0.3, -0.25) is 0 Å². The van der Waals surface area contributed by atoms with Gasteiger partial charge in [0, 0.05) is 46.1 Å². The summed E-state index contributed by atoms with van der Waals surface area (Å²) in [4.78, 5) is 4.75. The van der Waals surface area contributed by atoms with Crippen molar-refractivity contribution < 1.29 is 8.83 Å². The fourth-order valence-corrected chi connectivity index (χ4v) is 10.6. The predicted octanol–water partition coefficient (Wildman–Crippen LogP) is 13.6. The van der Waals surface area contributed by atoms with Gasteiger partial charge in [0.15, 0.2) is 3.77 Å². The number of halogens is 1. The Bertz CT molecular complexity index is 2830. The van der Waals surface area contributed by atoms with Crippen LogP contribution in [0, 0.1) is 16.6 Å². The third-order valence-corrected chi connectivity index (χ3v) is 13.7. The minimum Gasteiger partial charge on any atom is -0.455 e. The maximum atomic E-state index is 6.75. The molecule has 2 aromatic heterocycles. The Labute approximate surface area is 325 Å². The van der Waals surface area contributed by atoms with Gasteiger partial charge in [0.25, 0.3) is 0 Å². The zero-order chi connectivity index (χ0) is 36.5. The highest BCUT2D eigenvalue weighted by molar-refractivity contribution is 14.2. The Kier molecular flexibility index (Phi) is 7.98. The number of allylic oxidation sites excluding steroid dienone is 1. The molecule has 0 saturated heterocycles. The highest BCUT2D eigenvalue weighted by Crippen LogP contribution is 2.47. The summed E-state index contributed by atoms with van der Waals surface area (Å²) in [5.41, 5.74) is 15.8. The smallest absolute Gasteiger partial charge is 0.167 e. The summed E-state index contributed by atoms with van der Waals surface area (Å²) in [6, 6.07) is 45.5. The van der Waals surface area contributed by atoms with Crippen molar-refractivity contribution in [2.24, 2.45) is 5.92 Å². The third kappa shape index (κ3) is 5.37. The van der Waals surface area contributed by atoms with Crippen LogP contribution in [0.5, 0.6) is 0 Å². The van der Waals surface area contributed by atoms with Crippen LogP contribution in [0.4, 0.5) is 34.1 Å². The lowest BCUT2D eigenvalue weighted by Crippen LogP contribution is -2.25. The van der Waals surface area contributed by atoms with Crippen molar-refractivity contribution in [1.29, 1.82) is 0 Å². The van der Waals surface area contributed by atoms with E-state index in [4.69, 9.17) is 8.83 Å². The molecule has 266 valence electrons. The Morgan fingerprint density at radius 2 is 1.48 bits per heavy atom. The van der Waals surface area contributed by atoms with Gasteiger partial charge < -0.3 is 24.0 Å². The van der Waals surface area contributed by atoms with E-state index >= 15 is 0 Å². The van der Waals surface area contributed by atoms with E-state index < -0.39 is 20.7 Å². The second kappa shape index (κ2) is 13.1. The summed E-state index contributed by atoms with van der Waals surface area (Å²) in [6.45, 7) is 6.92. The van der Waals surface area contributed by atoms with Crippen LogP contribution in [0.3, 0.4) is 0 Å². The molecule has 1 N–H and O–H groups in total. The van der Waals surface area contributed by atoms with Crippen molar-refractivity contribution in [1.82, 2.24) is 0 Å². The largest absolute Gasteiger partial charge is 0.455 e. The van der Waals surface area contributed by atoms with Crippen molar-refractivity contribution in [3.8, 4) is 0 Å². The fourth-order valence-electron chi connectivity index (χ4n) is 8.41. The zero-order valence-corrected chi connectivity index (χ0v) is 32.9. The Balaban J connectivity index is 1.08. The van der Waals surface area contributed by atoms with Gasteiger partial charge in [0.05, 0.1) is 22.5 Å². The predicted molar refractivity (Wildman–Crippen MR) is 236 cm³/mol. The minimum absolute atomic E-state index is 0.429. The summed E-state index contributed by atoms with van der Waals surface area (Å²) in [6.07, 6.45) is 3.38. The molecule has 0 spiro atoms. The number of nitrogens with one attached hydrogen (secondary N) is 1. The molecule has 8 aromatic rings. The average molecular weight is 818 g/mol. The van der Waals surface area contributed by atoms with Crippen LogP contribution < -0.4 is 15.1 Å². The van der Waals surface area contributed by atoms with Crippen LogP contribution in [0.2, 0.25) is 0 Å². The summed E-state index contributed by atoms with van der Waals surface area (Å²) in [5.74, 6) is 0.959. The molecular formula is C48H40IN3O2. The maximum absolute atomic E-state index is 6.75. The van der Waals surface area contributed by atoms with E-state index in [1.165, 1.54) is 39.4 Å². The van der Waals surface area contributed by atoms with E-state index in [9.17, 15) is 0 Å². The molecule has 5 nitrogen and oxygen atoms in total. The maximum Gasteiger partial charge on any atom is 0.167 e. The summed E-state index contributed by atoms with van der Waals surface area (Å²) >= 11 is -0.538. The lowest BCUT2D eigenvalue weighted by Gasteiger charge is -2.36. The number of nitrogens with zero attached hydrogens (tertiary/aromatic N) is 2. The highest BCUT2D eigenvalue weighted by Gasteiger charge is 2.30. The molecule has 10 rings (SSSR count). The molecule has 54 heavy (non-hydrogen) atoms. The van der Waals surface area contributed by atoms with Crippen molar-refractivity contribution in [3.05, 3.63) is 159 Å². The lowest BCUT2D eigenvalue weighted by molar-refractivity contribution is 0.483. The van der Waals surface area contributed by atoms with Gasteiger partial charge in [-0.25, -0.2) is 0 Å². The van der Waals surface area contributed by atoms with E-state index in [2.05, 4.69) is 180 Å². The molecule has 0 amide bonds. The number of hydrogen-bond acceptors (Lipinski definition) is 5. The van der Waals surface area contributed by atoms with E-state index in [0.717, 1.165) is 65.7 Å². The molecule has 2 aliphatic heterocycles. The van der Waals surface area contributed by atoms with Crippen LogP contribution >= 0.6 is 20.7 Å². The van der Waals surface area contributed by atoms with Crippen LogP contribution in [-0.4, -0.2) is 11.1 Å². The van der Waals surface area contributed by atoms with Crippen molar-refractivity contribution in [2.45, 2.75) is 33.1 Å². The SMILES string of the molecule is Cc1ccccc1N(C)c1ccccc1Nc1ccc2oc3c(ccc4oc5c(c43)C=C(N3c4ccccc4CC(C)[C@@H](C)c4ccccc43)C=I5)c2c1. The third-order valence-electron chi connectivity index (χ3n) is 11.4. The van der Waals surface area contributed by atoms with Gasteiger partial charge in [-0.2, -0.15) is 0 Å². The van der Waals surface area contributed by atoms with Crippen LogP contribution in [0.15, 0.2) is 142 Å². The Hall–Kier alpha value is -5.60. The van der Waals surface area contributed by atoms with Gasteiger partial charge in [-0.1, -0.05) is 80.6 Å². The molecule has 0 radical (unpaired) electrons. The molecule has 2 atom stereocenters. The van der Waals surface area contributed by atoms with Crippen LogP contribution in [-0.2, 0) is 6.42 Å². The van der Waals surface area contributed by atoms with Crippen LogP contribution in [0.25, 0.3) is 39.0 Å². The molecule has 0 bridgehead atoms. The Morgan fingerprint density at radius 3 is 2.35 bits per heavy atom. The van der Waals surface area contributed by atoms with Gasteiger partial charge >= 0.3 is 0 Å². The van der Waals surface area contributed by atoms with Gasteiger partial charge in [0.2, 0.25) is 0 Å². The standard InChI is InChI=1S/C48H40IN3O2/c1-29-13-5-9-17-40(29)51(4)43-20-12-8-16-39(43)50-33-21-23-44-37(26-33)36-22-24-45-46(47(36)53-44)38-27-34(28-49-48(38)54-45)52-41-18-10-6-14-32(41)25-30(2)31(3)35-15-7-11-19-42(35)52/h5-24,26-28,30-31,50H,25H2,1-4H3/t30?,31-/m1/s1. The first-order valence-corrected chi connectivity index (χ1v) is 21.0. The molecule has 0 aliphatic carbocycles. The first-order chi connectivity index (χ1) is 26.4. The normalized spacial score (nSPS) is 16.6. The number of furan rings is 2. The summed E-state index contributed by atoms with van der Waals surface area (Å²) in [5, 5.41) is 6.95. The monoisotopic (exact) mass is 817 g/mol. The van der Waals surface area contributed by atoms with E-state index in [0.29, 0.717) is 11.8 Å². The van der Waals surface area contributed by atoms with Gasteiger partial charge in [-0.15, -0.1) is 0 Å². The number of anilines is 6. The van der Waals surface area contributed by atoms with Crippen molar-refractivity contribution in [3.63, 3.8) is 0 Å². The number of rotatable bonds is 5. The number of aryl methyl sites for hydroxylation is 1. The first kappa shape index (κ1) is 33.0. The van der Waals surface area contributed by atoms with Crippen LogP contribution in [0.1, 0.15) is 42.0 Å². The summed E-state index contributed by atoms with van der Waals surface area (Å²) < 4.78 is 16.9. The average Bonchev–Trinajstić information content (AvgIpc) is 3.76. The molecule has 0 fully saturated rings. The number of hydrogen-bond donors (Lipinski definition) is 1. The number of benzene rings is 6. The van der Waals surface area contributed by atoms with Gasteiger partial charge in [0.1, 0.15) is 16.7 Å². The number of fused-ring (bicyclic) bond motifs is 9. The summed E-state index contributed by atoms with van der Waals surface area (Å²) in [7, 11) is 2.12. The molecule has 0 saturated carbocycles. The zero-order valence-electron chi connectivity index (χ0n) is 30.7. The quantitative estimate of drug-likeness (QED) is 0.175. The second-order valence-electron chi connectivity index (χ2n) is 14.7. The second-order valence-corrected chi connectivity index (χ2v) is 16.9. The topological polar surface area (TPSA) is 44.8 Å². The fraction of sp³-hybridized carbons (Fsp3) is 0.146. The number of para-hydroxylation sites is 5. The first-order valence-electron chi connectivity index (χ1n) is 18.7. The highest BCUT2D eigenvalue weighted by atomic mass is 127. The molecule has 6 heteroatoms. The van der Waals surface area contributed by atoms with E-state index in [-0.39, 0.29) is 0 Å². The Morgan fingerprint density at radius 1 is 0.741 bits per heavy atom. The molecule has 1 unspecified atom stereocenters. The molecule has 4 heterocycles. The molecular weight excluding hydrogens is 777 g/mol. The van der Waals surface area contributed by atoms with Crippen molar-refractivity contribution >= 4 is 97.9 Å². The van der Waals surface area contributed by atoms with Crippen molar-refractivity contribution in [2.75, 3.05) is 22.2 Å². The molecule has 2 aliphatic rings. The lowest BCUT2D eigenvalue weighted by atomic mass is 9.81.